The first-order chi connectivity index (χ1) is 7.67. The maximum atomic E-state index is 6.02. The highest BCUT2D eigenvalue weighted by Crippen LogP contribution is 2.23. The molecule has 3 heteroatoms. The Morgan fingerprint density at radius 3 is 2.88 bits per heavy atom. The monoisotopic (exact) mass is 299 g/mol. The summed E-state index contributed by atoms with van der Waals surface area (Å²) in [6.45, 7) is 2.93. The van der Waals surface area contributed by atoms with E-state index in [1.807, 2.05) is 18.2 Å². The number of halogens is 2. The summed E-state index contributed by atoms with van der Waals surface area (Å²) in [7, 11) is 0. The number of benzene rings is 1. The molecule has 1 nitrogen and oxygen atoms in total. The summed E-state index contributed by atoms with van der Waals surface area (Å²) < 4.78 is 0.925. The van der Waals surface area contributed by atoms with Gasteiger partial charge in [-0.15, -0.1) is 12.3 Å². The number of hydrogen-bond acceptors (Lipinski definition) is 1. The van der Waals surface area contributed by atoms with E-state index in [0.717, 1.165) is 28.9 Å². The number of terminal acetylenes is 1. The minimum atomic E-state index is 0.382. The molecule has 0 spiro atoms. The Morgan fingerprint density at radius 2 is 2.31 bits per heavy atom. The summed E-state index contributed by atoms with van der Waals surface area (Å²) in [4.78, 5) is 0. The minimum Gasteiger partial charge on any atom is -0.309 e. The number of rotatable bonds is 5. The SMILES string of the molecule is C#CCC(CC)NCc1ccc(Br)c(Cl)c1. The van der Waals surface area contributed by atoms with E-state index in [1.54, 1.807) is 0 Å². The Hall–Kier alpha value is -0.490. The molecule has 1 unspecified atom stereocenters. The molecule has 0 amide bonds. The van der Waals surface area contributed by atoms with Gasteiger partial charge in [0.2, 0.25) is 0 Å². The van der Waals surface area contributed by atoms with Crippen molar-refractivity contribution in [3.8, 4) is 12.3 Å². The van der Waals surface area contributed by atoms with E-state index < -0.39 is 0 Å². The van der Waals surface area contributed by atoms with Gasteiger partial charge in [0.1, 0.15) is 0 Å². The lowest BCUT2D eigenvalue weighted by Gasteiger charge is -2.14. The lowest BCUT2D eigenvalue weighted by atomic mass is 10.1. The van der Waals surface area contributed by atoms with Crippen LogP contribution in [-0.2, 0) is 6.54 Å². The normalized spacial score (nSPS) is 12.1. The van der Waals surface area contributed by atoms with Gasteiger partial charge in [-0.3, -0.25) is 0 Å². The molecule has 1 rings (SSSR count). The van der Waals surface area contributed by atoms with Gasteiger partial charge < -0.3 is 5.32 Å². The quantitative estimate of drug-likeness (QED) is 0.811. The molecule has 16 heavy (non-hydrogen) atoms. The van der Waals surface area contributed by atoms with E-state index >= 15 is 0 Å². The fourth-order valence-electron chi connectivity index (χ4n) is 1.41. The smallest absolute Gasteiger partial charge is 0.0551 e. The maximum absolute atomic E-state index is 6.02. The summed E-state index contributed by atoms with van der Waals surface area (Å²) in [6, 6.07) is 6.35. The van der Waals surface area contributed by atoms with E-state index in [-0.39, 0.29) is 0 Å². The van der Waals surface area contributed by atoms with Crippen LogP contribution in [-0.4, -0.2) is 6.04 Å². The van der Waals surface area contributed by atoms with Crippen LogP contribution in [0.2, 0.25) is 5.02 Å². The molecule has 0 fully saturated rings. The van der Waals surface area contributed by atoms with Crippen LogP contribution in [0.1, 0.15) is 25.3 Å². The van der Waals surface area contributed by atoms with E-state index in [2.05, 4.69) is 34.1 Å². The van der Waals surface area contributed by atoms with E-state index in [9.17, 15) is 0 Å². The van der Waals surface area contributed by atoms with Gasteiger partial charge >= 0.3 is 0 Å². The minimum absolute atomic E-state index is 0.382. The Morgan fingerprint density at radius 1 is 1.56 bits per heavy atom. The molecule has 0 saturated heterocycles. The van der Waals surface area contributed by atoms with E-state index in [0.29, 0.717) is 6.04 Å². The average Bonchev–Trinajstić information content (AvgIpc) is 2.28. The van der Waals surface area contributed by atoms with Gasteiger partial charge in [0, 0.05) is 23.5 Å². The predicted molar refractivity (Wildman–Crippen MR) is 73.5 cm³/mol. The van der Waals surface area contributed by atoms with Crippen molar-refractivity contribution in [1.29, 1.82) is 0 Å². The third-order valence-corrected chi connectivity index (χ3v) is 3.67. The molecule has 1 atom stereocenters. The predicted octanol–water partition coefficient (Wildman–Crippen LogP) is 3.99. The standard InChI is InChI=1S/C13H15BrClN/c1-3-5-11(4-2)16-9-10-6-7-12(14)13(15)8-10/h1,6-8,11,16H,4-5,9H2,2H3. The van der Waals surface area contributed by atoms with Crippen molar-refractivity contribution in [2.24, 2.45) is 0 Å². The molecule has 0 aliphatic heterocycles. The van der Waals surface area contributed by atoms with Gasteiger partial charge in [0.05, 0.1) is 5.02 Å². The molecule has 0 aliphatic carbocycles. The first-order valence-electron chi connectivity index (χ1n) is 5.28. The molecular weight excluding hydrogens is 286 g/mol. The second kappa shape index (κ2) is 6.96. The molecule has 0 bridgehead atoms. The third-order valence-electron chi connectivity index (χ3n) is 2.44. The van der Waals surface area contributed by atoms with E-state index in [1.165, 1.54) is 5.56 Å². The van der Waals surface area contributed by atoms with Crippen molar-refractivity contribution in [3.63, 3.8) is 0 Å². The first-order valence-corrected chi connectivity index (χ1v) is 6.45. The first kappa shape index (κ1) is 13.6. The summed E-state index contributed by atoms with van der Waals surface area (Å²) in [6.07, 6.45) is 7.10. The molecule has 0 heterocycles. The van der Waals surface area contributed by atoms with Gasteiger partial charge in [0.25, 0.3) is 0 Å². The highest BCUT2D eigenvalue weighted by molar-refractivity contribution is 9.10. The number of hydrogen-bond donors (Lipinski definition) is 1. The van der Waals surface area contributed by atoms with Crippen LogP contribution < -0.4 is 5.32 Å². The van der Waals surface area contributed by atoms with Crippen LogP contribution in [0.5, 0.6) is 0 Å². The van der Waals surface area contributed by atoms with Crippen molar-refractivity contribution in [3.05, 3.63) is 33.3 Å². The molecule has 1 aromatic carbocycles. The van der Waals surface area contributed by atoms with E-state index in [4.69, 9.17) is 18.0 Å². The summed E-state index contributed by atoms with van der Waals surface area (Å²) in [5, 5.41) is 4.16. The Labute approximate surface area is 111 Å². The highest BCUT2D eigenvalue weighted by Gasteiger charge is 2.04. The molecule has 0 saturated carbocycles. The molecule has 1 N–H and O–H groups in total. The fourth-order valence-corrected chi connectivity index (χ4v) is 1.86. The molecular formula is C13H15BrClN. The van der Waals surface area contributed by atoms with Crippen LogP contribution in [0, 0.1) is 12.3 Å². The van der Waals surface area contributed by atoms with Crippen molar-refractivity contribution in [2.75, 3.05) is 0 Å². The highest BCUT2D eigenvalue weighted by atomic mass is 79.9. The zero-order valence-electron chi connectivity index (χ0n) is 9.26. The van der Waals surface area contributed by atoms with Crippen molar-refractivity contribution < 1.29 is 0 Å². The van der Waals surface area contributed by atoms with Gasteiger partial charge in [-0.05, 0) is 40.0 Å². The maximum Gasteiger partial charge on any atom is 0.0551 e. The lowest BCUT2D eigenvalue weighted by molar-refractivity contribution is 0.507. The molecule has 1 aromatic rings. The van der Waals surface area contributed by atoms with Crippen LogP contribution >= 0.6 is 27.5 Å². The van der Waals surface area contributed by atoms with Gasteiger partial charge in [-0.1, -0.05) is 24.6 Å². The Bertz CT molecular complexity index is 384. The van der Waals surface area contributed by atoms with Crippen LogP contribution in [0.15, 0.2) is 22.7 Å². The van der Waals surface area contributed by atoms with Crippen molar-refractivity contribution >= 4 is 27.5 Å². The van der Waals surface area contributed by atoms with Crippen LogP contribution in [0.4, 0.5) is 0 Å². The average molecular weight is 301 g/mol. The second-order valence-corrected chi connectivity index (χ2v) is 4.90. The third kappa shape index (κ3) is 4.17. The Balaban J connectivity index is 2.54. The lowest BCUT2D eigenvalue weighted by Crippen LogP contribution is -2.27. The summed E-state index contributed by atoms with van der Waals surface area (Å²) in [5.41, 5.74) is 1.17. The largest absolute Gasteiger partial charge is 0.309 e. The zero-order valence-corrected chi connectivity index (χ0v) is 11.6. The summed E-state index contributed by atoms with van der Waals surface area (Å²) >= 11 is 9.39. The zero-order chi connectivity index (χ0) is 12.0. The topological polar surface area (TPSA) is 12.0 Å². The van der Waals surface area contributed by atoms with Crippen molar-refractivity contribution in [1.82, 2.24) is 5.32 Å². The summed E-state index contributed by atoms with van der Waals surface area (Å²) in [5.74, 6) is 2.68. The van der Waals surface area contributed by atoms with Crippen molar-refractivity contribution in [2.45, 2.75) is 32.4 Å². The van der Waals surface area contributed by atoms with Gasteiger partial charge in [-0.2, -0.15) is 0 Å². The van der Waals surface area contributed by atoms with Crippen LogP contribution in [0.3, 0.4) is 0 Å². The van der Waals surface area contributed by atoms with Gasteiger partial charge in [0.15, 0.2) is 0 Å². The molecule has 0 aromatic heterocycles. The second-order valence-electron chi connectivity index (χ2n) is 3.64. The fraction of sp³-hybridized carbons (Fsp3) is 0.385. The van der Waals surface area contributed by atoms with Gasteiger partial charge in [-0.25, -0.2) is 0 Å². The molecule has 86 valence electrons. The van der Waals surface area contributed by atoms with Crippen LogP contribution in [0.25, 0.3) is 0 Å². The number of nitrogens with one attached hydrogen (secondary N) is 1. The molecule has 0 radical (unpaired) electrons. The Kier molecular flexibility index (Phi) is 5.90. The molecule has 0 aliphatic rings.